The highest BCUT2D eigenvalue weighted by Crippen LogP contribution is 2.56. The molecular formula is C11H12O5. The number of hydrogen-bond acceptors (Lipinski definition) is 5. The average molecular weight is 224 g/mol. The SMILES string of the molecule is O=COC[C@]12C(=O)CC(=O)[C@H]1[C@@H]1CC[C@H]2O1. The fourth-order valence-corrected chi connectivity index (χ4v) is 3.53. The van der Waals surface area contributed by atoms with Gasteiger partial charge < -0.3 is 9.47 Å². The van der Waals surface area contributed by atoms with Gasteiger partial charge in [0.15, 0.2) is 5.78 Å². The molecule has 0 spiro atoms. The minimum Gasteiger partial charge on any atom is -0.467 e. The van der Waals surface area contributed by atoms with E-state index in [0.29, 0.717) is 6.47 Å². The van der Waals surface area contributed by atoms with Crippen molar-refractivity contribution in [3.63, 3.8) is 0 Å². The van der Waals surface area contributed by atoms with E-state index in [2.05, 4.69) is 0 Å². The largest absolute Gasteiger partial charge is 0.467 e. The lowest BCUT2D eigenvalue weighted by molar-refractivity contribution is -0.142. The number of ketones is 2. The predicted molar refractivity (Wildman–Crippen MR) is 50.5 cm³/mol. The molecular weight excluding hydrogens is 212 g/mol. The first-order valence-corrected chi connectivity index (χ1v) is 5.47. The number of rotatable bonds is 3. The maximum absolute atomic E-state index is 12.0. The lowest BCUT2D eigenvalue weighted by atomic mass is 9.68. The molecule has 1 aliphatic carbocycles. The molecule has 16 heavy (non-hydrogen) atoms. The van der Waals surface area contributed by atoms with E-state index in [4.69, 9.17) is 9.47 Å². The zero-order valence-corrected chi connectivity index (χ0v) is 8.68. The van der Waals surface area contributed by atoms with Crippen LogP contribution in [0.3, 0.4) is 0 Å². The van der Waals surface area contributed by atoms with Crippen molar-refractivity contribution in [1.82, 2.24) is 0 Å². The lowest BCUT2D eigenvalue weighted by Crippen LogP contribution is -2.46. The van der Waals surface area contributed by atoms with Crippen LogP contribution < -0.4 is 0 Å². The third-order valence-electron chi connectivity index (χ3n) is 4.14. The van der Waals surface area contributed by atoms with Crippen LogP contribution >= 0.6 is 0 Å². The highest BCUT2D eigenvalue weighted by molar-refractivity contribution is 6.12. The molecule has 0 aromatic rings. The zero-order valence-electron chi connectivity index (χ0n) is 8.68. The molecule has 3 aliphatic rings. The van der Waals surface area contributed by atoms with Crippen molar-refractivity contribution in [2.75, 3.05) is 6.61 Å². The van der Waals surface area contributed by atoms with Gasteiger partial charge in [0.05, 0.1) is 24.5 Å². The maximum atomic E-state index is 12.0. The van der Waals surface area contributed by atoms with E-state index >= 15 is 0 Å². The van der Waals surface area contributed by atoms with Crippen molar-refractivity contribution in [3.8, 4) is 0 Å². The summed E-state index contributed by atoms with van der Waals surface area (Å²) in [5.41, 5.74) is -0.860. The molecule has 4 atom stereocenters. The van der Waals surface area contributed by atoms with Crippen LogP contribution in [-0.4, -0.2) is 36.9 Å². The number of carbonyl (C=O) groups excluding carboxylic acids is 3. The van der Waals surface area contributed by atoms with E-state index in [0.717, 1.165) is 12.8 Å². The van der Waals surface area contributed by atoms with Crippen LogP contribution in [-0.2, 0) is 23.9 Å². The fraction of sp³-hybridized carbons (Fsp3) is 0.727. The Balaban J connectivity index is 2.00. The van der Waals surface area contributed by atoms with Crippen molar-refractivity contribution in [3.05, 3.63) is 0 Å². The molecule has 2 saturated heterocycles. The average Bonchev–Trinajstić information content (AvgIpc) is 2.89. The molecule has 1 saturated carbocycles. The van der Waals surface area contributed by atoms with Gasteiger partial charge in [-0.25, -0.2) is 0 Å². The van der Waals surface area contributed by atoms with E-state index in [1.54, 1.807) is 0 Å². The molecule has 5 nitrogen and oxygen atoms in total. The third kappa shape index (κ3) is 0.967. The Labute approximate surface area is 92.1 Å². The Morgan fingerprint density at radius 2 is 2.25 bits per heavy atom. The van der Waals surface area contributed by atoms with Crippen LogP contribution in [0, 0.1) is 11.3 Å². The molecule has 2 bridgehead atoms. The van der Waals surface area contributed by atoms with Gasteiger partial charge in [-0.1, -0.05) is 0 Å². The molecule has 0 amide bonds. The zero-order chi connectivity index (χ0) is 11.3. The number of fused-ring (bicyclic) bond motifs is 5. The van der Waals surface area contributed by atoms with Gasteiger partial charge in [-0.05, 0) is 12.8 Å². The summed E-state index contributed by atoms with van der Waals surface area (Å²) in [5, 5.41) is 0. The molecule has 3 rings (SSSR count). The molecule has 86 valence electrons. The summed E-state index contributed by atoms with van der Waals surface area (Å²) in [4.78, 5) is 34.0. The van der Waals surface area contributed by atoms with Crippen molar-refractivity contribution in [2.45, 2.75) is 31.5 Å². The van der Waals surface area contributed by atoms with Gasteiger partial charge in [0.25, 0.3) is 6.47 Å². The van der Waals surface area contributed by atoms with Crippen LogP contribution in [0.4, 0.5) is 0 Å². The molecule has 2 heterocycles. The quantitative estimate of drug-likeness (QED) is 0.493. The topological polar surface area (TPSA) is 69.7 Å². The van der Waals surface area contributed by atoms with E-state index in [-0.39, 0.29) is 42.7 Å². The minimum atomic E-state index is -0.860. The molecule has 3 fully saturated rings. The molecule has 5 heteroatoms. The van der Waals surface area contributed by atoms with E-state index in [1.165, 1.54) is 0 Å². The van der Waals surface area contributed by atoms with E-state index in [1.807, 2.05) is 0 Å². The smallest absolute Gasteiger partial charge is 0.293 e. The molecule has 0 unspecified atom stereocenters. The Morgan fingerprint density at radius 3 is 3.00 bits per heavy atom. The van der Waals surface area contributed by atoms with Crippen LogP contribution in [0.25, 0.3) is 0 Å². The maximum Gasteiger partial charge on any atom is 0.293 e. The van der Waals surface area contributed by atoms with Crippen molar-refractivity contribution in [1.29, 1.82) is 0 Å². The van der Waals surface area contributed by atoms with Gasteiger partial charge in [-0.3, -0.25) is 14.4 Å². The van der Waals surface area contributed by atoms with Gasteiger partial charge in [-0.2, -0.15) is 0 Å². The first kappa shape index (κ1) is 9.96. The summed E-state index contributed by atoms with van der Waals surface area (Å²) in [6, 6.07) is 0. The normalized spacial score (nSPS) is 44.9. The Hall–Kier alpha value is -1.23. The fourth-order valence-electron chi connectivity index (χ4n) is 3.53. The van der Waals surface area contributed by atoms with Gasteiger partial charge in [0, 0.05) is 0 Å². The summed E-state index contributed by atoms with van der Waals surface area (Å²) in [7, 11) is 0. The summed E-state index contributed by atoms with van der Waals surface area (Å²) in [6.45, 7) is 0.320. The first-order valence-electron chi connectivity index (χ1n) is 5.47. The number of Topliss-reactive ketones (excluding diaryl/α,β-unsaturated/α-hetero) is 2. The summed E-state index contributed by atoms with van der Waals surface area (Å²) >= 11 is 0. The summed E-state index contributed by atoms with van der Waals surface area (Å²) in [5.74, 6) is -0.540. The van der Waals surface area contributed by atoms with E-state index in [9.17, 15) is 14.4 Å². The molecule has 2 aliphatic heterocycles. The minimum absolute atomic E-state index is 0.00704. The molecule has 0 N–H and O–H groups in total. The molecule has 0 aromatic carbocycles. The Morgan fingerprint density at radius 1 is 1.44 bits per heavy atom. The standard InChI is InChI=1S/C11H12O5/c12-5-15-4-11-8(14)3-6(13)10(11)7-1-2-9(11)16-7/h5,7,9-10H,1-4H2/t7-,9+,10-,11+/m0/s1. The Bertz CT molecular complexity index is 377. The number of hydrogen-bond donors (Lipinski definition) is 0. The van der Waals surface area contributed by atoms with Gasteiger partial charge in [0.2, 0.25) is 0 Å². The second-order valence-corrected chi connectivity index (χ2v) is 4.73. The molecule has 0 aromatic heterocycles. The number of carbonyl (C=O) groups is 3. The van der Waals surface area contributed by atoms with Gasteiger partial charge in [0.1, 0.15) is 17.8 Å². The summed E-state index contributed by atoms with van der Waals surface area (Å²) in [6.07, 6.45) is 1.21. The summed E-state index contributed by atoms with van der Waals surface area (Å²) < 4.78 is 10.4. The van der Waals surface area contributed by atoms with Crippen molar-refractivity contribution in [2.24, 2.45) is 11.3 Å². The highest BCUT2D eigenvalue weighted by atomic mass is 16.5. The van der Waals surface area contributed by atoms with Crippen LogP contribution in [0.5, 0.6) is 0 Å². The Kier molecular flexibility index (Phi) is 1.95. The third-order valence-corrected chi connectivity index (χ3v) is 4.14. The van der Waals surface area contributed by atoms with Crippen LogP contribution in [0.15, 0.2) is 0 Å². The number of ether oxygens (including phenoxy) is 2. The van der Waals surface area contributed by atoms with E-state index < -0.39 is 5.41 Å². The first-order chi connectivity index (χ1) is 7.70. The van der Waals surface area contributed by atoms with Gasteiger partial charge >= 0.3 is 0 Å². The van der Waals surface area contributed by atoms with Crippen molar-refractivity contribution >= 4 is 18.0 Å². The predicted octanol–water partition coefficient (Wildman–Crippen LogP) is -0.135. The van der Waals surface area contributed by atoms with Gasteiger partial charge in [-0.15, -0.1) is 0 Å². The van der Waals surface area contributed by atoms with Crippen LogP contribution in [0.2, 0.25) is 0 Å². The van der Waals surface area contributed by atoms with Crippen LogP contribution in [0.1, 0.15) is 19.3 Å². The lowest BCUT2D eigenvalue weighted by Gasteiger charge is -2.32. The second kappa shape index (κ2) is 3.13. The highest BCUT2D eigenvalue weighted by Gasteiger charge is 2.69. The molecule has 0 radical (unpaired) electrons. The second-order valence-electron chi connectivity index (χ2n) is 4.73. The monoisotopic (exact) mass is 224 g/mol. The van der Waals surface area contributed by atoms with Crippen molar-refractivity contribution < 1.29 is 23.9 Å².